The zero-order chi connectivity index (χ0) is 17.1. The van der Waals surface area contributed by atoms with Gasteiger partial charge in [0.15, 0.2) is 0 Å². The SMILES string of the molecule is Cl.Clc1ccc2c(c1SCc1nc(-c3ccccn3)no1)CCNCC2. The number of fused-ring (bicyclic) bond motifs is 1. The van der Waals surface area contributed by atoms with Gasteiger partial charge in [0.2, 0.25) is 11.7 Å². The number of thioether (sulfide) groups is 1. The molecular formula is C18H18Cl2N4OS. The molecule has 0 atom stereocenters. The first kappa shape index (κ1) is 19.2. The van der Waals surface area contributed by atoms with Gasteiger partial charge in [-0.15, -0.1) is 24.2 Å². The molecule has 0 aliphatic carbocycles. The smallest absolute Gasteiger partial charge is 0.237 e. The summed E-state index contributed by atoms with van der Waals surface area (Å²) in [5.74, 6) is 1.67. The Morgan fingerprint density at radius 1 is 1.15 bits per heavy atom. The Morgan fingerprint density at radius 3 is 2.88 bits per heavy atom. The number of hydrogen-bond donors (Lipinski definition) is 1. The summed E-state index contributed by atoms with van der Waals surface area (Å²) in [4.78, 5) is 9.81. The van der Waals surface area contributed by atoms with Crippen molar-refractivity contribution < 1.29 is 4.52 Å². The summed E-state index contributed by atoms with van der Waals surface area (Å²) in [6.45, 7) is 1.99. The van der Waals surface area contributed by atoms with Gasteiger partial charge in [-0.1, -0.05) is 28.9 Å². The highest BCUT2D eigenvalue weighted by Crippen LogP contribution is 2.35. The number of benzene rings is 1. The Bertz CT molecular complexity index is 873. The van der Waals surface area contributed by atoms with E-state index in [9.17, 15) is 0 Å². The third-order valence-electron chi connectivity index (χ3n) is 4.13. The number of nitrogens with zero attached hydrogens (tertiary/aromatic N) is 3. The zero-order valence-electron chi connectivity index (χ0n) is 13.9. The first-order chi connectivity index (χ1) is 12.3. The highest BCUT2D eigenvalue weighted by atomic mass is 35.5. The summed E-state index contributed by atoms with van der Waals surface area (Å²) >= 11 is 8.12. The van der Waals surface area contributed by atoms with Crippen molar-refractivity contribution in [2.24, 2.45) is 0 Å². The minimum atomic E-state index is 0. The van der Waals surface area contributed by atoms with Crippen molar-refractivity contribution in [3.63, 3.8) is 0 Å². The fraction of sp³-hybridized carbons (Fsp3) is 0.278. The van der Waals surface area contributed by atoms with Crippen molar-refractivity contribution in [1.82, 2.24) is 20.4 Å². The van der Waals surface area contributed by atoms with Crippen molar-refractivity contribution >= 4 is 35.8 Å². The molecule has 3 heterocycles. The maximum atomic E-state index is 6.46. The molecule has 0 radical (unpaired) electrons. The van der Waals surface area contributed by atoms with Gasteiger partial charge < -0.3 is 9.84 Å². The molecule has 0 saturated heterocycles. The lowest BCUT2D eigenvalue weighted by Crippen LogP contribution is -2.16. The molecule has 5 nitrogen and oxygen atoms in total. The van der Waals surface area contributed by atoms with Crippen LogP contribution in [0, 0.1) is 0 Å². The van der Waals surface area contributed by atoms with Gasteiger partial charge in [0.1, 0.15) is 5.69 Å². The predicted octanol–water partition coefficient (Wildman–Crippen LogP) is 4.19. The molecule has 0 unspecified atom stereocenters. The maximum Gasteiger partial charge on any atom is 0.237 e. The summed E-state index contributed by atoms with van der Waals surface area (Å²) in [5, 5.41) is 8.24. The molecule has 0 fully saturated rings. The fourth-order valence-corrected chi connectivity index (χ4v) is 4.25. The van der Waals surface area contributed by atoms with Gasteiger partial charge in [0, 0.05) is 11.1 Å². The van der Waals surface area contributed by atoms with Gasteiger partial charge in [0.05, 0.1) is 10.8 Å². The van der Waals surface area contributed by atoms with E-state index in [0.29, 0.717) is 23.2 Å². The molecule has 0 amide bonds. The molecule has 0 spiro atoms. The zero-order valence-corrected chi connectivity index (χ0v) is 16.3. The van der Waals surface area contributed by atoms with Crippen LogP contribution in [0.25, 0.3) is 11.5 Å². The molecule has 1 aliphatic rings. The normalized spacial score (nSPS) is 13.6. The van der Waals surface area contributed by atoms with Crippen molar-refractivity contribution in [3.8, 4) is 11.5 Å². The van der Waals surface area contributed by atoms with E-state index in [-0.39, 0.29) is 12.4 Å². The number of hydrogen-bond acceptors (Lipinski definition) is 6. The van der Waals surface area contributed by atoms with Crippen LogP contribution in [0.15, 0.2) is 45.9 Å². The van der Waals surface area contributed by atoms with Crippen molar-refractivity contribution in [1.29, 1.82) is 0 Å². The molecular weight excluding hydrogens is 391 g/mol. The average molecular weight is 409 g/mol. The lowest BCUT2D eigenvalue weighted by molar-refractivity contribution is 0.391. The second kappa shape index (κ2) is 8.86. The van der Waals surface area contributed by atoms with Gasteiger partial charge >= 0.3 is 0 Å². The van der Waals surface area contributed by atoms with E-state index in [1.165, 1.54) is 11.1 Å². The van der Waals surface area contributed by atoms with Crippen LogP contribution in [0.2, 0.25) is 5.02 Å². The number of aromatic nitrogens is 3. The van der Waals surface area contributed by atoms with Gasteiger partial charge in [-0.2, -0.15) is 4.98 Å². The van der Waals surface area contributed by atoms with Crippen LogP contribution in [0.4, 0.5) is 0 Å². The minimum absolute atomic E-state index is 0. The lowest BCUT2D eigenvalue weighted by Gasteiger charge is -2.12. The minimum Gasteiger partial charge on any atom is -0.338 e. The van der Waals surface area contributed by atoms with E-state index in [2.05, 4.69) is 26.5 Å². The quantitative estimate of drug-likeness (QED) is 0.652. The van der Waals surface area contributed by atoms with Gasteiger partial charge in [0.25, 0.3) is 0 Å². The molecule has 0 saturated carbocycles. The van der Waals surface area contributed by atoms with Crippen LogP contribution in [0.1, 0.15) is 17.0 Å². The van der Waals surface area contributed by atoms with Crippen LogP contribution in [0.3, 0.4) is 0 Å². The number of rotatable bonds is 4. The number of halogens is 2. The van der Waals surface area contributed by atoms with E-state index in [1.54, 1.807) is 18.0 Å². The summed E-state index contributed by atoms with van der Waals surface area (Å²) in [6, 6.07) is 9.75. The first-order valence-electron chi connectivity index (χ1n) is 8.19. The molecule has 136 valence electrons. The van der Waals surface area contributed by atoms with E-state index < -0.39 is 0 Å². The van der Waals surface area contributed by atoms with E-state index in [4.69, 9.17) is 16.1 Å². The van der Waals surface area contributed by atoms with E-state index in [0.717, 1.165) is 35.8 Å². The van der Waals surface area contributed by atoms with Gasteiger partial charge in [-0.05, 0) is 55.3 Å². The van der Waals surface area contributed by atoms with Crippen molar-refractivity contribution in [2.75, 3.05) is 13.1 Å². The molecule has 8 heteroatoms. The van der Waals surface area contributed by atoms with Crippen LogP contribution < -0.4 is 5.32 Å². The molecule has 26 heavy (non-hydrogen) atoms. The maximum absolute atomic E-state index is 6.46. The second-order valence-corrected chi connectivity index (χ2v) is 7.17. The molecule has 1 aliphatic heterocycles. The van der Waals surface area contributed by atoms with Crippen LogP contribution >= 0.6 is 35.8 Å². The Morgan fingerprint density at radius 2 is 2.04 bits per heavy atom. The first-order valence-corrected chi connectivity index (χ1v) is 9.55. The third-order valence-corrected chi connectivity index (χ3v) is 5.71. The topological polar surface area (TPSA) is 63.8 Å². The van der Waals surface area contributed by atoms with E-state index in [1.807, 2.05) is 24.3 Å². The molecule has 1 aromatic carbocycles. The summed E-state index contributed by atoms with van der Waals surface area (Å²) < 4.78 is 5.37. The third kappa shape index (κ3) is 4.20. The fourth-order valence-electron chi connectivity index (χ4n) is 2.91. The molecule has 4 rings (SSSR count). The summed E-state index contributed by atoms with van der Waals surface area (Å²) in [7, 11) is 0. The highest BCUT2D eigenvalue weighted by molar-refractivity contribution is 7.98. The van der Waals surface area contributed by atoms with Gasteiger partial charge in [-0.3, -0.25) is 4.98 Å². The highest BCUT2D eigenvalue weighted by Gasteiger charge is 2.17. The monoisotopic (exact) mass is 408 g/mol. The van der Waals surface area contributed by atoms with E-state index >= 15 is 0 Å². The Hall–Kier alpha value is -1.60. The Kier molecular flexibility index (Phi) is 6.53. The molecule has 1 N–H and O–H groups in total. The van der Waals surface area contributed by atoms with Crippen molar-refractivity contribution in [3.05, 3.63) is 58.6 Å². The number of pyridine rings is 1. The predicted molar refractivity (Wildman–Crippen MR) is 106 cm³/mol. The van der Waals surface area contributed by atoms with Crippen molar-refractivity contribution in [2.45, 2.75) is 23.5 Å². The van der Waals surface area contributed by atoms with Crippen LogP contribution in [-0.4, -0.2) is 28.2 Å². The van der Waals surface area contributed by atoms with Crippen LogP contribution in [-0.2, 0) is 18.6 Å². The Balaban J connectivity index is 0.00000196. The van der Waals surface area contributed by atoms with Crippen LogP contribution in [0.5, 0.6) is 0 Å². The second-order valence-electron chi connectivity index (χ2n) is 5.78. The molecule has 0 bridgehead atoms. The molecule has 3 aromatic rings. The standard InChI is InChI=1S/C18H17ClN4OS.ClH/c19-14-5-4-12-6-9-20-10-7-13(12)17(14)25-11-16-22-18(23-24-16)15-3-1-2-8-21-15;/h1-5,8,20H,6-7,9-11H2;1H. The Labute approximate surface area is 167 Å². The summed E-state index contributed by atoms with van der Waals surface area (Å²) in [5.41, 5.74) is 3.42. The summed E-state index contributed by atoms with van der Waals surface area (Å²) in [6.07, 6.45) is 3.73. The van der Waals surface area contributed by atoms with Gasteiger partial charge in [-0.25, -0.2) is 0 Å². The number of nitrogens with one attached hydrogen (secondary N) is 1. The average Bonchev–Trinajstić information content (AvgIpc) is 2.99. The lowest BCUT2D eigenvalue weighted by atomic mass is 10.0. The largest absolute Gasteiger partial charge is 0.338 e. The molecule has 2 aromatic heterocycles.